The fourth-order valence-corrected chi connectivity index (χ4v) is 1.51. The van der Waals surface area contributed by atoms with E-state index in [1.165, 1.54) is 11.8 Å². The Balaban J connectivity index is 3.20. The molecule has 1 rings (SSSR count). The molecule has 1 aromatic heterocycles. The molecule has 0 saturated carbocycles. The summed E-state index contributed by atoms with van der Waals surface area (Å²) in [6, 6.07) is 4.25. The zero-order chi connectivity index (χ0) is 12.0. The minimum Gasteiger partial charge on any atom is -0.405 e. The first-order valence-corrected chi connectivity index (χ1v) is 5.59. The van der Waals surface area contributed by atoms with Crippen LogP contribution in [0.15, 0.2) is 35.6 Å². The Labute approximate surface area is 97.1 Å². The first-order valence-electron chi connectivity index (χ1n) is 5.59. The second-order valence-corrected chi connectivity index (χ2v) is 3.83. The Morgan fingerprint density at radius 1 is 1.56 bits per heavy atom. The summed E-state index contributed by atoms with van der Waals surface area (Å²) in [6.45, 7) is 6.19. The Morgan fingerprint density at radius 3 is 2.88 bits per heavy atom. The lowest BCUT2D eigenvalue weighted by Crippen LogP contribution is -2.08. The van der Waals surface area contributed by atoms with E-state index in [4.69, 9.17) is 5.73 Å². The number of hydrogen-bond donors (Lipinski definition) is 1. The number of aliphatic imine (C=N–C) groups is 1. The maximum absolute atomic E-state index is 5.44. The molecule has 0 spiro atoms. The maximum Gasteiger partial charge on any atom is 0.0914 e. The average molecular weight is 217 g/mol. The molecular weight excluding hydrogens is 198 g/mol. The molecule has 1 aromatic rings. The number of aromatic nitrogens is 1. The van der Waals surface area contributed by atoms with E-state index in [1.807, 2.05) is 26.0 Å². The molecule has 2 N–H and O–H groups in total. The van der Waals surface area contributed by atoms with Crippen LogP contribution in [-0.2, 0) is 6.42 Å². The van der Waals surface area contributed by atoms with E-state index in [-0.39, 0.29) is 6.04 Å². The van der Waals surface area contributed by atoms with Gasteiger partial charge in [-0.25, -0.2) is 0 Å². The molecule has 16 heavy (non-hydrogen) atoms. The summed E-state index contributed by atoms with van der Waals surface area (Å²) in [5, 5.41) is 0. The second kappa shape index (κ2) is 6.05. The number of nitrogens with zero attached hydrogens (tertiary/aromatic N) is 2. The zero-order valence-corrected chi connectivity index (χ0v) is 10.1. The van der Waals surface area contributed by atoms with Crippen LogP contribution < -0.4 is 5.73 Å². The van der Waals surface area contributed by atoms with Gasteiger partial charge in [0, 0.05) is 12.2 Å². The standard InChI is InChI=1S/C13H19N3/c1-4-11-6-5-9-15-13(11)12(7-8-14)16-10(2)3/h5-10H,4,14H2,1-3H3. The van der Waals surface area contributed by atoms with E-state index in [2.05, 4.69) is 23.0 Å². The summed E-state index contributed by atoms with van der Waals surface area (Å²) in [5.74, 6) is 0. The molecule has 0 aliphatic heterocycles. The van der Waals surface area contributed by atoms with Crippen molar-refractivity contribution in [2.45, 2.75) is 33.2 Å². The minimum atomic E-state index is 0.234. The smallest absolute Gasteiger partial charge is 0.0914 e. The van der Waals surface area contributed by atoms with Gasteiger partial charge < -0.3 is 5.73 Å². The fraction of sp³-hybridized carbons (Fsp3) is 0.385. The number of nitrogens with two attached hydrogens (primary N) is 1. The molecule has 86 valence electrons. The topological polar surface area (TPSA) is 51.3 Å². The van der Waals surface area contributed by atoms with E-state index in [9.17, 15) is 0 Å². The van der Waals surface area contributed by atoms with Crippen LogP contribution in [0, 0.1) is 0 Å². The minimum absolute atomic E-state index is 0.234. The highest BCUT2D eigenvalue weighted by atomic mass is 14.8. The highest BCUT2D eigenvalue weighted by Crippen LogP contribution is 2.09. The normalized spacial score (nSPS) is 12.6. The van der Waals surface area contributed by atoms with Crippen LogP contribution in [0.5, 0.6) is 0 Å². The van der Waals surface area contributed by atoms with E-state index >= 15 is 0 Å². The number of rotatable bonds is 4. The molecule has 0 atom stereocenters. The van der Waals surface area contributed by atoms with Gasteiger partial charge in [-0.1, -0.05) is 13.0 Å². The van der Waals surface area contributed by atoms with Crippen LogP contribution >= 0.6 is 0 Å². The van der Waals surface area contributed by atoms with Crippen molar-refractivity contribution in [3.8, 4) is 0 Å². The summed E-state index contributed by atoms with van der Waals surface area (Å²) in [4.78, 5) is 8.92. The second-order valence-electron chi connectivity index (χ2n) is 3.83. The monoisotopic (exact) mass is 217 g/mol. The van der Waals surface area contributed by atoms with Crippen molar-refractivity contribution in [3.05, 3.63) is 41.9 Å². The van der Waals surface area contributed by atoms with Crippen LogP contribution in [0.4, 0.5) is 0 Å². The Hall–Kier alpha value is -1.64. The van der Waals surface area contributed by atoms with E-state index in [1.54, 1.807) is 6.20 Å². The molecule has 3 heteroatoms. The highest BCUT2D eigenvalue weighted by Gasteiger charge is 2.07. The first-order chi connectivity index (χ1) is 7.69. The summed E-state index contributed by atoms with van der Waals surface area (Å²) >= 11 is 0. The summed E-state index contributed by atoms with van der Waals surface area (Å²) < 4.78 is 0. The molecule has 0 unspecified atom stereocenters. The van der Waals surface area contributed by atoms with Crippen molar-refractivity contribution in [2.75, 3.05) is 0 Å². The zero-order valence-electron chi connectivity index (χ0n) is 10.1. The van der Waals surface area contributed by atoms with Crippen molar-refractivity contribution in [1.29, 1.82) is 0 Å². The number of allylic oxidation sites excluding steroid dienone is 1. The molecule has 0 amide bonds. The van der Waals surface area contributed by atoms with Crippen molar-refractivity contribution >= 4 is 5.71 Å². The highest BCUT2D eigenvalue weighted by molar-refractivity contribution is 6.08. The summed E-state index contributed by atoms with van der Waals surface area (Å²) in [7, 11) is 0. The van der Waals surface area contributed by atoms with Gasteiger partial charge in [0.05, 0.1) is 11.4 Å². The van der Waals surface area contributed by atoms with Crippen molar-refractivity contribution in [2.24, 2.45) is 10.7 Å². The summed E-state index contributed by atoms with van der Waals surface area (Å²) in [6.07, 6.45) is 6.05. The van der Waals surface area contributed by atoms with E-state index in [0.29, 0.717) is 0 Å². The van der Waals surface area contributed by atoms with E-state index < -0.39 is 0 Å². The van der Waals surface area contributed by atoms with Crippen molar-refractivity contribution < 1.29 is 0 Å². The molecule has 3 nitrogen and oxygen atoms in total. The van der Waals surface area contributed by atoms with E-state index in [0.717, 1.165) is 17.8 Å². The number of aryl methyl sites for hydroxylation is 1. The van der Waals surface area contributed by atoms with Gasteiger partial charge in [0.2, 0.25) is 0 Å². The van der Waals surface area contributed by atoms with Gasteiger partial charge >= 0.3 is 0 Å². The lowest BCUT2D eigenvalue weighted by molar-refractivity contribution is 0.836. The van der Waals surface area contributed by atoms with Gasteiger partial charge in [-0.15, -0.1) is 0 Å². The molecule has 0 radical (unpaired) electrons. The molecule has 0 aliphatic rings. The Morgan fingerprint density at radius 2 is 2.31 bits per heavy atom. The average Bonchev–Trinajstić information content (AvgIpc) is 2.28. The Bertz CT molecular complexity index is 392. The number of pyridine rings is 1. The molecule has 0 aromatic carbocycles. The first kappa shape index (κ1) is 12.4. The lowest BCUT2D eigenvalue weighted by Gasteiger charge is -2.08. The fourth-order valence-electron chi connectivity index (χ4n) is 1.51. The van der Waals surface area contributed by atoms with Crippen LogP contribution in [0.25, 0.3) is 0 Å². The predicted octanol–water partition coefficient (Wildman–Crippen LogP) is 2.31. The third-order valence-electron chi connectivity index (χ3n) is 2.17. The van der Waals surface area contributed by atoms with Crippen molar-refractivity contribution in [3.63, 3.8) is 0 Å². The quantitative estimate of drug-likeness (QED) is 0.787. The molecule has 1 heterocycles. The Kier molecular flexibility index (Phi) is 4.70. The van der Waals surface area contributed by atoms with Gasteiger partial charge in [-0.05, 0) is 44.2 Å². The van der Waals surface area contributed by atoms with Crippen LogP contribution in [0.1, 0.15) is 32.0 Å². The van der Waals surface area contributed by atoms with Gasteiger partial charge in [0.25, 0.3) is 0 Å². The number of hydrogen-bond acceptors (Lipinski definition) is 3. The van der Waals surface area contributed by atoms with Gasteiger partial charge in [-0.2, -0.15) is 0 Å². The summed E-state index contributed by atoms with van der Waals surface area (Å²) in [5.41, 5.74) is 8.43. The maximum atomic E-state index is 5.44. The van der Waals surface area contributed by atoms with Gasteiger partial charge in [-0.3, -0.25) is 9.98 Å². The van der Waals surface area contributed by atoms with Gasteiger partial charge in [0.15, 0.2) is 0 Å². The lowest BCUT2D eigenvalue weighted by atomic mass is 10.1. The largest absolute Gasteiger partial charge is 0.405 e. The van der Waals surface area contributed by atoms with Crippen LogP contribution in [0.2, 0.25) is 0 Å². The van der Waals surface area contributed by atoms with Gasteiger partial charge in [0.1, 0.15) is 0 Å². The molecular formula is C13H19N3. The predicted molar refractivity (Wildman–Crippen MR) is 68.6 cm³/mol. The molecule has 0 fully saturated rings. The SMILES string of the molecule is CCc1cccnc1C(C=CN)=NC(C)C. The van der Waals surface area contributed by atoms with Crippen molar-refractivity contribution in [1.82, 2.24) is 4.98 Å². The molecule has 0 bridgehead atoms. The van der Waals surface area contributed by atoms with Crippen LogP contribution in [0.3, 0.4) is 0 Å². The molecule has 0 saturated heterocycles. The third-order valence-corrected chi connectivity index (χ3v) is 2.17. The molecule has 0 aliphatic carbocycles. The van der Waals surface area contributed by atoms with Crippen LogP contribution in [-0.4, -0.2) is 16.7 Å². The third kappa shape index (κ3) is 3.19.